The van der Waals surface area contributed by atoms with Crippen molar-refractivity contribution in [2.75, 3.05) is 20.2 Å². The molecule has 7 nitrogen and oxygen atoms in total. The van der Waals surface area contributed by atoms with Crippen molar-refractivity contribution < 1.29 is 40.7 Å². The Bertz CT molecular complexity index is 1240. The molecular formula is C25H24F6N4O3. The van der Waals surface area contributed by atoms with Crippen LogP contribution in [0.3, 0.4) is 0 Å². The summed E-state index contributed by atoms with van der Waals surface area (Å²) in [6.07, 6.45) is -9.77. The first kappa shape index (κ1) is 28.5. The minimum absolute atomic E-state index is 0.0953. The second-order valence-corrected chi connectivity index (χ2v) is 8.45. The Balaban J connectivity index is 1.91. The Hall–Kier alpha value is -4.03. The van der Waals surface area contributed by atoms with Gasteiger partial charge in [-0.15, -0.1) is 0 Å². The molecule has 1 heterocycles. The molecule has 1 unspecified atom stereocenters. The van der Waals surface area contributed by atoms with Crippen LogP contribution in [0.1, 0.15) is 40.0 Å². The number of carbonyl (C=O) groups excluding carboxylic acids is 2. The predicted molar refractivity (Wildman–Crippen MR) is 125 cm³/mol. The number of hydrogen-bond donors (Lipinski definition) is 3. The Morgan fingerprint density at radius 2 is 1.76 bits per heavy atom. The van der Waals surface area contributed by atoms with Gasteiger partial charge >= 0.3 is 18.3 Å². The van der Waals surface area contributed by atoms with E-state index in [-0.39, 0.29) is 36.6 Å². The summed E-state index contributed by atoms with van der Waals surface area (Å²) < 4.78 is 84.8. The number of amides is 1. The van der Waals surface area contributed by atoms with E-state index in [1.165, 1.54) is 55.3 Å². The predicted octanol–water partition coefficient (Wildman–Crippen LogP) is 4.57. The Labute approximate surface area is 214 Å². The smallest absolute Gasteiger partial charge is 0.433 e. The standard InChI is InChI=1S/C25H24F6N4O3/c1-14(16-6-8-17(9-7-16)23(37)38-2)34-22(36)19(20(32)25(29,30)31)21-33-10-11-35(21)13-15-4-3-5-18(12-15)24(26,27)28/h3-9,12,14,32-33H,10-11,13H2,1-2H3,(H,34,36)/b21-19-,32-20?. The van der Waals surface area contributed by atoms with Gasteiger partial charge in [0, 0.05) is 19.6 Å². The van der Waals surface area contributed by atoms with Gasteiger partial charge in [-0.3, -0.25) is 10.2 Å². The molecule has 0 aromatic heterocycles. The van der Waals surface area contributed by atoms with Crippen LogP contribution in [0, 0.1) is 5.41 Å². The van der Waals surface area contributed by atoms with Gasteiger partial charge in [0.2, 0.25) is 0 Å². The van der Waals surface area contributed by atoms with Gasteiger partial charge in [0.15, 0.2) is 5.71 Å². The zero-order chi connectivity index (χ0) is 28.3. The van der Waals surface area contributed by atoms with Crippen LogP contribution in [-0.2, 0) is 22.3 Å². The molecule has 13 heteroatoms. The molecule has 1 aliphatic heterocycles. The number of ether oxygens (including phenoxy) is 1. The van der Waals surface area contributed by atoms with Crippen molar-refractivity contribution in [3.63, 3.8) is 0 Å². The molecule has 1 fully saturated rings. The number of carbonyl (C=O) groups is 2. The van der Waals surface area contributed by atoms with Gasteiger partial charge in [-0.1, -0.05) is 24.3 Å². The lowest BCUT2D eigenvalue weighted by molar-refractivity contribution is -0.137. The second kappa shape index (κ2) is 11.2. The normalized spacial score (nSPS) is 15.9. The highest BCUT2D eigenvalue weighted by Crippen LogP contribution is 2.31. The number of esters is 1. The minimum atomic E-state index is -5.17. The molecule has 3 N–H and O–H groups in total. The first-order chi connectivity index (χ1) is 17.7. The van der Waals surface area contributed by atoms with Crippen LogP contribution >= 0.6 is 0 Å². The molecule has 1 aliphatic rings. The van der Waals surface area contributed by atoms with E-state index in [0.717, 1.165) is 12.1 Å². The molecule has 2 aromatic rings. The lowest BCUT2D eigenvalue weighted by Crippen LogP contribution is -2.39. The third-order valence-corrected chi connectivity index (χ3v) is 5.79. The topological polar surface area (TPSA) is 94.5 Å². The summed E-state index contributed by atoms with van der Waals surface area (Å²) in [6, 6.07) is 9.35. The van der Waals surface area contributed by atoms with Crippen LogP contribution in [0.15, 0.2) is 59.9 Å². The van der Waals surface area contributed by atoms with E-state index in [9.17, 15) is 35.9 Å². The summed E-state index contributed by atoms with van der Waals surface area (Å²) in [6.45, 7) is 1.49. The van der Waals surface area contributed by atoms with Gasteiger partial charge in [0.25, 0.3) is 5.91 Å². The lowest BCUT2D eigenvalue weighted by Gasteiger charge is -2.24. The Morgan fingerprint density at radius 3 is 2.34 bits per heavy atom. The summed E-state index contributed by atoms with van der Waals surface area (Å²) in [5, 5.41) is 12.8. The number of methoxy groups -OCH3 is 1. The fraction of sp³-hybridized carbons (Fsp3) is 0.320. The van der Waals surface area contributed by atoms with Crippen molar-refractivity contribution in [2.24, 2.45) is 0 Å². The van der Waals surface area contributed by atoms with Gasteiger partial charge < -0.3 is 20.3 Å². The molecular weight excluding hydrogens is 518 g/mol. The molecule has 0 saturated carbocycles. The first-order valence-electron chi connectivity index (χ1n) is 11.3. The molecule has 204 valence electrons. The monoisotopic (exact) mass is 542 g/mol. The van der Waals surface area contributed by atoms with Crippen LogP contribution in [-0.4, -0.2) is 48.9 Å². The van der Waals surface area contributed by atoms with Crippen LogP contribution in [0.5, 0.6) is 0 Å². The number of benzene rings is 2. The maximum Gasteiger partial charge on any atom is 0.433 e. The number of halogens is 6. The Kier molecular flexibility index (Phi) is 8.38. The number of alkyl halides is 6. The highest BCUT2D eigenvalue weighted by molar-refractivity contribution is 6.23. The molecule has 0 bridgehead atoms. The molecule has 1 amide bonds. The highest BCUT2D eigenvalue weighted by atomic mass is 19.4. The summed E-state index contributed by atoms with van der Waals surface area (Å²) in [7, 11) is 1.21. The summed E-state index contributed by atoms with van der Waals surface area (Å²) in [5.41, 5.74) is -2.94. The van der Waals surface area contributed by atoms with Gasteiger partial charge in [-0.2, -0.15) is 26.3 Å². The zero-order valence-electron chi connectivity index (χ0n) is 20.3. The van der Waals surface area contributed by atoms with Gasteiger partial charge in [0.1, 0.15) is 11.4 Å². The average Bonchev–Trinajstić information content (AvgIpc) is 3.30. The summed E-state index contributed by atoms with van der Waals surface area (Å²) >= 11 is 0. The molecule has 3 rings (SSSR count). The molecule has 38 heavy (non-hydrogen) atoms. The fourth-order valence-corrected chi connectivity index (χ4v) is 3.86. The number of hydrogen-bond acceptors (Lipinski definition) is 6. The third-order valence-electron chi connectivity index (χ3n) is 5.79. The van der Waals surface area contributed by atoms with E-state index in [2.05, 4.69) is 15.4 Å². The molecule has 0 spiro atoms. The second-order valence-electron chi connectivity index (χ2n) is 8.45. The maximum absolute atomic E-state index is 13.6. The van der Waals surface area contributed by atoms with Crippen molar-refractivity contribution in [1.82, 2.24) is 15.5 Å². The van der Waals surface area contributed by atoms with E-state index in [1.807, 2.05) is 0 Å². The fourth-order valence-electron chi connectivity index (χ4n) is 3.86. The van der Waals surface area contributed by atoms with Crippen molar-refractivity contribution >= 4 is 17.6 Å². The molecule has 2 aromatic carbocycles. The number of nitrogens with one attached hydrogen (secondary N) is 3. The van der Waals surface area contributed by atoms with Crippen molar-refractivity contribution in [3.8, 4) is 0 Å². The average molecular weight is 542 g/mol. The van der Waals surface area contributed by atoms with Gasteiger partial charge in [-0.25, -0.2) is 4.79 Å². The molecule has 1 atom stereocenters. The lowest BCUT2D eigenvalue weighted by atomic mass is 10.0. The first-order valence-corrected chi connectivity index (χ1v) is 11.3. The van der Waals surface area contributed by atoms with Gasteiger partial charge in [-0.05, 0) is 42.3 Å². The van der Waals surface area contributed by atoms with Crippen LogP contribution < -0.4 is 10.6 Å². The highest BCUT2D eigenvalue weighted by Gasteiger charge is 2.42. The summed E-state index contributed by atoms with van der Waals surface area (Å²) in [5.74, 6) is -2.10. The number of rotatable bonds is 7. The number of nitrogens with zero attached hydrogens (tertiary/aromatic N) is 1. The SMILES string of the molecule is COC(=O)c1ccc(C(C)NC(=O)/C(C(=N)C(F)(F)F)=C2/NCCN2Cc2cccc(C(F)(F)F)c2)cc1. The zero-order valence-corrected chi connectivity index (χ0v) is 20.3. The molecule has 0 radical (unpaired) electrons. The van der Waals surface area contributed by atoms with Crippen LogP contribution in [0.2, 0.25) is 0 Å². The van der Waals surface area contributed by atoms with E-state index in [0.29, 0.717) is 5.56 Å². The molecule has 1 saturated heterocycles. The van der Waals surface area contributed by atoms with Crippen molar-refractivity contribution in [2.45, 2.75) is 31.9 Å². The quantitative estimate of drug-likeness (QED) is 0.206. The van der Waals surface area contributed by atoms with E-state index in [4.69, 9.17) is 5.41 Å². The largest absolute Gasteiger partial charge is 0.465 e. The maximum atomic E-state index is 13.6. The minimum Gasteiger partial charge on any atom is -0.465 e. The third kappa shape index (κ3) is 6.64. The Morgan fingerprint density at radius 1 is 1.11 bits per heavy atom. The van der Waals surface area contributed by atoms with E-state index in [1.54, 1.807) is 0 Å². The van der Waals surface area contributed by atoms with Crippen LogP contribution in [0.25, 0.3) is 0 Å². The van der Waals surface area contributed by atoms with E-state index < -0.39 is 47.1 Å². The molecule has 0 aliphatic carbocycles. The van der Waals surface area contributed by atoms with Crippen molar-refractivity contribution in [3.05, 3.63) is 82.2 Å². The van der Waals surface area contributed by atoms with Crippen LogP contribution in [0.4, 0.5) is 26.3 Å². The van der Waals surface area contributed by atoms with Gasteiger partial charge in [0.05, 0.1) is 24.3 Å². The summed E-state index contributed by atoms with van der Waals surface area (Å²) in [4.78, 5) is 26.0. The van der Waals surface area contributed by atoms with Crippen molar-refractivity contribution in [1.29, 1.82) is 5.41 Å². The van der Waals surface area contributed by atoms with E-state index >= 15 is 0 Å².